The van der Waals surface area contributed by atoms with E-state index in [1.54, 1.807) is 5.48 Å². The highest BCUT2D eigenvalue weighted by molar-refractivity contribution is 6.07. The fourth-order valence-electron chi connectivity index (χ4n) is 5.04. The highest BCUT2D eigenvalue weighted by Gasteiger charge is 2.34. The fourth-order valence-corrected chi connectivity index (χ4v) is 5.04. The van der Waals surface area contributed by atoms with Gasteiger partial charge >= 0.3 is 0 Å². The average molecular weight is 443 g/mol. The summed E-state index contributed by atoms with van der Waals surface area (Å²) in [5.74, 6) is -1.06. The number of hydrogen-bond acceptors (Lipinski definition) is 4. The van der Waals surface area contributed by atoms with Crippen LogP contribution in [0.1, 0.15) is 40.9 Å². The zero-order valence-electron chi connectivity index (χ0n) is 18.4. The minimum absolute atomic E-state index is 0.203. The first-order valence-corrected chi connectivity index (χ1v) is 11.2. The van der Waals surface area contributed by atoms with Crippen molar-refractivity contribution in [2.24, 2.45) is 5.92 Å². The summed E-state index contributed by atoms with van der Waals surface area (Å²) in [5.41, 5.74) is 6.39. The molecule has 168 valence electrons. The van der Waals surface area contributed by atoms with Crippen LogP contribution in [0.25, 0.3) is 21.8 Å². The average Bonchev–Trinajstić information content (AvgIpc) is 3.45. The molecule has 1 fully saturated rings. The lowest BCUT2D eigenvalue weighted by Crippen LogP contribution is -2.43. The van der Waals surface area contributed by atoms with E-state index in [1.165, 1.54) is 5.56 Å². The van der Waals surface area contributed by atoms with Crippen LogP contribution in [0.5, 0.6) is 0 Å². The highest BCUT2D eigenvalue weighted by atomic mass is 16.5. The summed E-state index contributed by atoms with van der Waals surface area (Å²) in [7, 11) is 0. The van der Waals surface area contributed by atoms with E-state index in [0.717, 1.165) is 40.3 Å². The van der Waals surface area contributed by atoms with E-state index in [4.69, 9.17) is 5.21 Å². The van der Waals surface area contributed by atoms with Gasteiger partial charge in [-0.05, 0) is 55.7 Å². The monoisotopic (exact) mass is 442 g/mol. The van der Waals surface area contributed by atoms with Gasteiger partial charge in [-0.25, -0.2) is 5.48 Å². The van der Waals surface area contributed by atoms with Crippen molar-refractivity contribution in [3.05, 3.63) is 77.6 Å². The number of carbonyl (C=O) groups excluding carboxylic acids is 2. The summed E-state index contributed by atoms with van der Waals surface area (Å²) in [6, 6.07) is 17.6. The standard InChI is InChI=1S/C26H26N4O3/c1-16-14-17(18-6-2-3-9-22(18)27-16)15-30-13-12-19-20(7-5-11-24(19)30)25(31)28-23-10-4-8-21(23)26(32)29-33/h2-3,5-7,9,11-14,21,23,33H,4,8,10,15H2,1H3,(H,28,31)(H,29,32). The van der Waals surface area contributed by atoms with Crippen LogP contribution in [0.3, 0.4) is 0 Å². The van der Waals surface area contributed by atoms with Crippen LogP contribution in [0.15, 0.2) is 60.8 Å². The predicted molar refractivity (Wildman–Crippen MR) is 126 cm³/mol. The number of hydrogen-bond donors (Lipinski definition) is 3. The molecule has 2 amide bonds. The molecule has 5 rings (SSSR count). The normalized spacial score (nSPS) is 18.0. The van der Waals surface area contributed by atoms with E-state index in [1.807, 2.05) is 55.6 Å². The quantitative estimate of drug-likeness (QED) is 0.322. The van der Waals surface area contributed by atoms with Crippen molar-refractivity contribution in [1.29, 1.82) is 0 Å². The molecule has 0 spiro atoms. The number of para-hydroxylation sites is 1. The molecule has 0 bridgehead atoms. The number of fused-ring (bicyclic) bond motifs is 2. The number of hydroxylamine groups is 1. The van der Waals surface area contributed by atoms with E-state index in [9.17, 15) is 9.59 Å². The Hall–Kier alpha value is -3.71. The predicted octanol–water partition coefficient (Wildman–Crippen LogP) is 3.95. The number of aromatic nitrogens is 2. The van der Waals surface area contributed by atoms with Gasteiger partial charge in [0.25, 0.3) is 5.91 Å². The van der Waals surface area contributed by atoms with Crippen LogP contribution >= 0.6 is 0 Å². The topological polar surface area (TPSA) is 96.2 Å². The summed E-state index contributed by atoms with van der Waals surface area (Å²) in [4.78, 5) is 29.7. The Bertz CT molecular complexity index is 1360. The van der Waals surface area contributed by atoms with Crippen LogP contribution in [0.4, 0.5) is 0 Å². The maximum Gasteiger partial charge on any atom is 0.252 e. The number of rotatable bonds is 5. The molecule has 4 aromatic rings. The van der Waals surface area contributed by atoms with Crippen LogP contribution in [0.2, 0.25) is 0 Å². The number of nitrogens with zero attached hydrogens (tertiary/aromatic N) is 2. The largest absolute Gasteiger partial charge is 0.348 e. The first kappa shape index (κ1) is 21.2. The Labute approximate surface area is 191 Å². The molecule has 0 aliphatic heterocycles. The maximum absolute atomic E-state index is 13.1. The number of nitrogens with one attached hydrogen (secondary N) is 2. The van der Waals surface area contributed by atoms with Gasteiger partial charge in [0.15, 0.2) is 0 Å². The second-order valence-electron chi connectivity index (χ2n) is 8.72. The van der Waals surface area contributed by atoms with Gasteiger partial charge in [0.2, 0.25) is 5.91 Å². The molecule has 7 heteroatoms. The Morgan fingerprint density at radius 2 is 1.94 bits per heavy atom. The number of carbonyl (C=O) groups is 2. The number of amides is 2. The summed E-state index contributed by atoms with van der Waals surface area (Å²) < 4.78 is 2.14. The van der Waals surface area contributed by atoms with Gasteiger partial charge in [-0.2, -0.15) is 0 Å². The molecule has 2 aromatic carbocycles. The van der Waals surface area contributed by atoms with Crippen molar-refractivity contribution >= 4 is 33.6 Å². The minimum Gasteiger partial charge on any atom is -0.348 e. The zero-order valence-corrected chi connectivity index (χ0v) is 18.4. The lowest BCUT2D eigenvalue weighted by Gasteiger charge is -2.19. The molecule has 2 unspecified atom stereocenters. The summed E-state index contributed by atoms with van der Waals surface area (Å²) in [5, 5.41) is 14.0. The summed E-state index contributed by atoms with van der Waals surface area (Å²) in [6.07, 6.45) is 4.21. The van der Waals surface area contributed by atoms with Gasteiger partial charge in [0, 0.05) is 46.3 Å². The van der Waals surface area contributed by atoms with E-state index in [0.29, 0.717) is 18.5 Å². The number of benzene rings is 2. The Balaban J connectivity index is 1.45. The molecule has 2 heterocycles. The molecule has 7 nitrogen and oxygen atoms in total. The third-order valence-corrected chi connectivity index (χ3v) is 6.61. The summed E-state index contributed by atoms with van der Waals surface area (Å²) >= 11 is 0. The van der Waals surface area contributed by atoms with Crippen molar-refractivity contribution in [1.82, 2.24) is 20.3 Å². The first-order chi connectivity index (χ1) is 16.0. The van der Waals surface area contributed by atoms with Crippen molar-refractivity contribution in [3.8, 4) is 0 Å². The van der Waals surface area contributed by atoms with E-state index < -0.39 is 11.8 Å². The van der Waals surface area contributed by atoms with Crippen LogP contribution in [-0.4, -0.2) is 32.6 Å². The lowest BCUT2D eigenvalue weighted by atomic mass is 10.0. The second kappa shape index (κ2) is 8.67. The van der Waals surface area contributed by atoms with Gasteiger partial charge in [-0.15, -0.1) is 0 Å². The van der Waals surface area contributed by atoms with E-state index in [-0.39, 0.29) is 11.9 Å². The van der Waals surface area contributed by atoms with Crippen LogP contribution in [0, 0.1) is 12.8 Å². The van der Waals surface area contributed by atoms with E-state index in [2.05, 4.69) is 27.0 Å². The third kappa shape index (κ3) is 3.96. The van der Waals surface area contributed by atoms with Crippen LogP contribution in [-0.2, 0) is 11.3 Å². The van der Waals surface area contributed by atoms with Crippen molar-refractivity contribution in [2.45, 2.75) is 38.8 Å². The molecule has 2 atom stereocenters. The molecule has 2 aromatic heterocycles. The van der Waals surface area contributed by atoms with Gasteiger partial charge in [-0.1, -0.05) is 30.7 Å². The first-order valence-electron chi connectivity index (χ1n) is 11.2. The molecule has 3 N–H and O–H groups in total. The van der Waals surface area contributed by atoms with E-state index >= 15 is 0 Å². The van der Waals surface area contributed by atoms with Gasteiger partial charge in [0.05, 0.1) is 11.4 Å². The molecular weight excluding hydrogens is 416 g/mol. The van der Waals surface area contributed by atoms with Crippen molar-refractivity contribution < 1.29 is 14.8 Å². The molecule has 0 radical (unpaired) electrons. The lowest BCUT2D eigenvalue weighted by molar-refractivity contribution is -0.133. The number of aryl methyl sites for hydroxylation is 1. The maximum atomic E-state index is 13.1. The molecule has 1 aliphatic carbocycles. The van der Waals surface area contributed by atoms with Crippen molar-refractivity contribution in [2.75, 3.05) is 0 Å². The molecule has 0 saturated heterocycles. The molecule has 1 aliphatic rings. The molecule has 1 saturated carbocycles. The molecule has 33 heavy (non-hydrogen) atoms. The number of pyridine rings is 1. The Morgan fingerprint density at radius 1 is 1.09 bits per heavy atom. The van der Waals surface area contributed by atoms with Gasteiger partial charge < -0.3 is 9.88 Å². The van der Waals surface area contributed by atoms with Crippen molar-refractivity contribution in [3.63, 3.8) is 0 Å². The van der Waals surface area contributed by atoms with Gasteiger partial charge in [0.1, 0.15) is 0 Å². The third-order valence-electron chi connectivity index (χ3n) is 6.61. The summed E-state index contributed by atoms with van der Waals surface area (Å²) in [6.45, 7) is 2.67. The molecular formula is C26H26N4O3. The smallest absolute Gasteiger partial charge is 0.252 e. The van der Waals surface area contributed by atoms with Crippen LogP contribution < -0.4 is 10.8 Å². The fraction of sp³-hybridized carbons (Fsp3) is 0.269. The van der Waals surface area contributed by atoms with Gasteiger partial charge in [-0.3, -0.25) is 19.8 Å². The minimum atomic E-state index is -0.443. The Kier molecular flexibility index (Phi) is 5.56. The SMILES string of the molecule is Cc1cc(Cn2ccc3c(C(=O)NC4CCCC4C(=O)NO)cccc32)c2ccccc2n1. The highest BCUT2D eigenvalue weighted by Crippen LogP contribution is 2.28. The second-order valence-corrected chi connectivity index (χ2v) is 8.72. The zero-order chi connectivity index (χ0) is 22.9. The Morgan fingerprint density at radius 3 is 2.79 bits per heavy atom.